The third kappa shape index (κ3) is 2.92. The molecular weight excluding hydrogens is 304 g/mol. The summed E-state index contributed by atoms with van der Waals surface area (Å²) in [5, 5.41) is 14.7. The van der Waals surface area contributed by atoms with Gasteiger partial charge in [-0.2, -0.15) is 0 Å². The predicted octanol–water partition coefficient (Wildman–Crippen LogP) is 0.0766. The first-order valence-electron chi connectivity index (χ1n) is 7.36. The van der Waals surface area contributed by atoms with E-state index in [0.717, 1.165) is 11.1 Å². The largest absolute Gasteiger partial charge is 0.545 e. The molecular formula is C19H15N2O3-. The summed E-state index contributed by atoms with van der Waals surface area (Å²) in [4.78, 5) is 23.6. The van der Waals surface area contributed by atoms with Gasteiger partial charge in [0, 0.05) is 0 Å². The SMILES string of the molecule is C=c1[nH]n(-c2cccc(C(=O)[O-])c2)c(=O)c1=Cc1ccc(C)cc1. The van der Waals surface area contributed by atoms with Gasteiger partial charge in [-0.15, -0.1) is 0 Å². The highest BCUT2D eigenvalue weighted by molar-refractivity contribution is 5.86. The molecule has 0 unspecified atom stereocenters. The summed E-state index contributed by atoms with van der Waals surface area (Å²) in [5.74, 6) is -1.29. The molecule has 0 atom stereocenters. The van der Waals surface area contributed by atoms with Crippen LogP contribution in [0.2, 0.25) is 0 Å². The Bertz CT molecular complexity index is 1070. The summed E-state index contributed by atoms with van der Waals surface area (Å²) in [7, 11) is 0. The van der Waals surface area contributed by atoms with Crippen molar-refractivity contribution in [3.63, 3.8) is 0 Å². The van der Waals surface area contributed by atoms with E-state index in [-0.39, 0.29) is 11.1 Å². The van der Waals surface area contributed by atoms with Gasteiger partial charge in [0.1, 0.15) is 0 Å². The Morgan fingerprint density at radius 3 is 2.58 bits per heavy atom. The van der Waals surface area contributed by atoms with Crippen LogP contribution in [0.4, 0.5) is 0 Å². The monoisotopic (exact) mass is 319 g/mol. The van der Waals surface area contributed by atoms with E-state index in [9.17, 15) is 14.7 Å². The number of aryl methyl sites for hydroxylation is 1. The van der Waals surface area contributed by atoms with Gasteiger partial charge < -0.3 is 9.90 Å². The molecule has 0 aliphatic rings. The number of nitrogens with zero attached hydrogens (tertiary/aromatic N) is 1. The van der Waals surface area contributed by atoms with E-state index in [0.29, 0.717) is 16.3 Å². The van der Waals surface area contributed by atoms with Crippen molar-refractivity contribution >= 4 is 18.6 Å². The van der Waals surface area contributed by atoms with Gasteiger partial charge in [-0.25, -0.2) is 4.68 Å². The van der Waals surface area contributed by atoms with E-state index < -0.39 is 5.97 Å². The van der Waals surface area contributed by atoms with E-state index in [4.69, 9.17) is 0 Å². The number of rotatable bonds is 3. The Morgan fingerprint density at radius 2 is 1.92 bits per heavy atom. The van der Waals surface area contributed by atoms with E-state index in [1.54, 1.807) is 18.2 Å². The van der Waals surface area contributed by atoms with Gasteiger partial charge in [-0.1, -0.05) is 48.5 Å². The van der Waals surface area contributed by atoms with Crippen LogP contribution in [0.15, 0.2) is 53.3 Å². The summed E-state index contributed by atoms with van der Waals surface area (Å²) in [5.41, 5.74) is 2.14. The van der Waals surface area contributed by atoms with Crippen molar-refractivity contribution in [3.05, 3.63) is 86.1 Å². The van der Waals surface area contributed by atoms with E-state index >= 15 is 0 Å². The van der Waals surface area contributed by atoms with Crippen molar-refractivity contribution in [1.29, 1.82) is 0 Å². The standard InChI is InChI=1S/C19H16N2O3/c1-12-6-8-14(9-7-12)10-17-13(2)20-21(18(17)22)16-5-3-4-15(11-16)19(23)24/h3-11,20H,2H2,1H3,(H,23,24)/p-1. The third-order valence-corrected chi connectivity index (χ3v) is 3.73. The van der Waals surface area contributed by atoms with Gasteiger partial charge in [0.2, 0.25) is 0 Å². The number of benzene rings is 2. The molecule has 0 aliphatic carbocycles. The van der Waals surface area contributed by atoms with Gasteiger partial charge in [0.05, 0.1) is 22.2 Å². The number of aromatic carboxylic acids is 1. The molecule has 3 rings (SSSR count). The van der Waals surface area contributed by atoms with Crippen molar-refractivity contribution in [2.45, 2.75) is 6.92 Å². The topological polar surface area (TPSA) is 77.9 Å². The Kier molecular flexibility index (Phi) is 3.92. The molecule has 1 N–H and O–H groups in total. The number of carboxylic acids is 1. The first-order chi connectivity index (χ1) is 11.5. The maximum absolute atomic E-state index is 12.6. The van der Waals surface area contributed by atoms with Crippen LogP contribution in [-0.4, -0.2) is 15.7 Å². The van der Waals surface area contributed by atoms with Crippen LogP contribution < -0.4 is 21.2 Å². The number of aromatic amines is 1. The molecule has 3 aromatic rings. The quantitative estimate of drug-likeness (QED) is 0.742. The summed E-state index contributed by atoms with van der Waals surface area (Å²) in [6.07, 6.45) is 1.75. The number of carbonyl (C=O) groups is 1. The molecule has 0 amide bonds. The first kappa shape index (κ1) is 15.6. The van der Waals surface area contributed by atoms with Gasteiger partial charge in [0.25, 0.3) is 5.56 Å². The minimum Gasteiger partial charge on any atom is -0.545 e. The van der Waals surface area contributed by atoms with E-state index in [1.165, 1.54) is 16.8 Å². The fourth-order valence-electron chi connectivity index (χ4n) is 2.43. The highest BCUT2D eigenvalue weighted by Gasteiger charge is 2.06. The highest BCUT2D eigenvalue weighted by atomic mass is 16.4. The van der Waals surface area contributed by atoms with Crippen LogP contribution in [0.5, 0.6) is 0 Å². The molecule has 0 aliphatic heterocycles. The van der Waals surface area contributed by atoms with Crippen molar-refractivity contribution in [1.82, 2.24) is 9.78 Å². The Labute approximate surface area is 137 Å². The van der Waals surface area contributed by atoms with Crippen LogP contribution in [0.1, 0.15) is 21.5 Å². The summed E-state index contributed by atoms with van der Waals surface area (Å²) >= 11 is 0. The lowest BCUT2D eigenvalue weighted by atomic mass is 10.1. The number of aromatic nitrogens is 2. The normalized spacial score (nSPS) is 11.6. The van der Waals surface area contributed by atoms with Gasteiger partial charge in [-0.05, 0) is 36.3 Å². The lowest BCUT2D eigenvalue weighted by Crippen LogP contribution is -2.34. The number of hydrogen-bond acceptors (Lipinski definition) is 3. The first-order valence-corrected chi connectivity index (χ1v) is 7.36. The second kappa shape index (κ2) is 6.04. The fraction of sp³-hybridized carbons (Fsp3) is 0.0526. The van der Waals surface area contributed by atoms with Crippen LogP contribution >= 0.6 is 0 Å². The summed E-state index contributed by atoms with van der Waals surface area (Å²) < 4.78 is 1.27. The number of carbonyl (C=O) groups excluding carboxylic acids is 1. The van der Waals surface area contributed by atoms with Crippen LogP contribution in [0.3, 0.4) is 0 Å². The molecule has 24 heavy (non-hydrogen) atoms. The van der Waals surface area contributed by atoms with Crippen molar-refractivity contribution in [3.8, 4) is 5.69 Å². The van der Waals surface area contributed by atoms with Crippen molar-refractivity contribution in [2.24, 2.45) is 0 Å². The van der Waals surface area contributed by atoms with Crippen LogP contribution in [0, 0.1) is 6.92 Å². The lowest BCUT2D eigenvalue weighted by Gasteiger charge is -2.05. The Hall–Kier alpha value is -3.34. The molecule has 120 valence electrons. The smallest absolute Gasteiger partial charge is 0.279 e. The Balaban J connectivity index is 2.15. The van der Waals surface area contributed by atoms with E-state index in [1.807, 2.05) is 31.2 Å². The van der Waals surface area contributed by atoms with Crippen LogP contribution in [-0.2, 0) is 0 Å². The molecule has 1 heterocycles. The van der Waals surface area contributed by atoms with Gasteiger partial charge in [0.15, 0.2) is 0 Å². The van der Waals surface area contributed by atoms with E-state index in [2.05, 4.69) is 11.7 Å². The zero-order valence-electron chi connectivity index (χ0n) is 13.1. The van der Waals surface area contributed by atoms with Crippen molar-refractivity contribution in [2.75, 3.05) is 0 Å². The highest BCUT2D eigenvalue weighted by Crippen LogP contribution is 2.06. The lowest BCUT2D eigenvalue weighted by molar-refractivity contribution is -0.255. The average Bonchev–Trinajstić information content (AvgIpc) is 2.85. The Morgan fingerprint density at radius 1 is 1.21 bits per heavy atom. The second-order valence-electron chi connectivity index (χ2n) is 5.54. The fourth-order valence-corrected chi connectivity index (χ4v) is 2.43. The third-order valence-electron chi connectivity index (χ3n) is 3.73. The molecule has 0 spiro atoms. The molecule has 2 aromatic carbocycles. The minimum absolute atomic E-state index is 0.00340. The minimum atomic E-state index is -1.29. The summed E-state index contributed by atoms with van der Waals surface area (Å²) in [6.45, 7) is 5.85. The zero-order valence-corrected chi connectivity index (χ0v) is 13.1. The number of hydrogen-bond donors (Lipinski definition) is 1. The van der Waals surface area contributed by atoms with Crippen molar-refractivity contribution < 1.29 is 9.90 Å². The number of H-pyrrole nitrogens is 1. The van der Waals surface area contributed by atoms with Gasteiger partial charge >= 0.3 is 0 Å². The molecule has 0 radical (unpaired) electrons. The molecule has 0 bridgehead atoms. The number of nitrogens with one attached hydrogen (secondary N) is 1. The maximum Gasteiger partial charge on any atom is 0.279 e. The molecule has 5 nitrogen and oxygen atoms in total. The molecule has 1 aromatic heterocycles. The maximum atomic E-state index is 12.6. The van der Waals surface area contributed by atoms with Crippen LogP contribution in [0.25, 0.3) is 18.3 Å². The molecule has 0 saturated carbocycles. The summed E-state index contributed by atoms with van der Waals surface area (Å²) in [6, 6.07) is 13.7. The molecule has 0 fully saturated rings. The molecule has 5 heteroatoms. The second-order valence-corrected chi connectivity index (χ2v) is 5.54. The average molecular weight is 319 g/mol. The predicted molar refractivity (Wildman–Crippen MR) is 90.2 cm³/mol. The number of carboxylic acid groups (broad SMARTS) is 1. The zero-order chi connectivity index (χ0) is 17.3. The molecule has 0 saturated heterocycles. The van der Waals surface area contributed by atoms with Gasteiger partial charge in [-0.3, -0.25) is 9.89 Å².